The number of nitrogens with one attached hydrogen (secondary N) is 1. The first-order valence-corrected chi connectivity index (χ1v) is 12.3. The van der Waals surface area contributed by atoms with Crippen molar-refractivity contribution in [3.8, 4) is 5.00 Å². The second-order valence-corrected chi connectivity index (χ2v) is 9.88. The minimum atomic E-state index is -0.669. The highest BCUT2D eigenvalue weighted by Crippen LogP contribution is 2.44. The maximum atomic E-state index is 14.4. The van der Waals surface area contributed by atoms with Crippen molar-refractivity contribution in [3.63, 3.8) is 0 Å². The number of carbonyl (C=O) groups is 1. The van der Waals surface area contributed by atoms with E-state index in [0.29, 0.717) is 6.54 Å². The molecule has 0 saturated heterocycles. The smallest absolute Gasteiger partial charge is 0.310 e. The number of carbonyl (C=O) groups excluding carboxylic acids is 1. The summed E-state index contributed by atoms with van der Waals surface area (Å²) in [5.41, 5.74) is 4.27. The van der Waals surface area contributed by atoms with Gasteiger partial charge in [-0.1, -0.05) is 30.3 Å². The van der Waals surface area contributed by atoms with E-state index in [1.54, 1.807) is 4.90 Å². The van der Waals surface area contributed by atoms with Gasteiger partial charge in [0.15, 0.2) is 0 Å². The van der Waals surface area contributed by atoms with Crippen LogP contribution in [0.3, 0.4) is 0 Å². The van der Waals surface area contributed by atoms with Crippen LogP contribution in [0.5, 0.6) is 0 Å². The van der Waals surface area contributed by atoms with Crippen molar-refractivity contribution >= 4 is 23.1 Å². The first-order valence-electron chi connectivity index (χ1n) is 11.5. The molecule has 0 bridgehead atoms. The number of hydrogen-bond acceptors (Lipinski definition) is 2. The lowest BCUT2D eigenvalue weighted by Crippen LogP contribution is -2.38. The largest absolute Gasteiger partial charge is 0.323 e. The van der Waals surface area contributed by atoms with Gasteiger partial charge in [-0.25, -0.2) is 13.6 Å². The van der Waals surface area contributed by atoms with Crippen LogP contribution in [0.1, 0.15) is 46.1 Å². The van der Waals surface area contributed by atoms with E-state index in [1.165, 1.54) is 16.9 Å². The maximum absolute atomic E-state index is 14.4. The van der Waals surface area contributed by atoms with Gasteiger partial charge in [0, 0.05) is 22.7 Å². The highest BCUT2D eigenvalue weighted by Gasteiger charge is 2.36. The van der Waals surface area contributed by atoms with Crippen molar-refractivity contribution in [2.75, 3.05) is 5.32 Å². The fraction of sp³-hybridized carbons (Fsp3) is 0.222. The molecule has 0 fully saturated rings. The van der Waals surface area contributed by atoms with Crippen molar-refractivity contribution in [1.29, 1.82) is 0 Å². The molecule has 1 atom stereocenters. The Morgan fingerprint density at radius 1 is 0.971 bits per heavy atom. The van der Waals surface area contributed by atoms with E-state index >= 15 is 0 Å². The van der Waals surface area contributed by atoms with E-state index in [-0.39, 0.29) is 11.7 Å². The lowest BCUT2D eigenvalue weighted by molar-refractivity contribution is 0.194. The molecule has 0 radical (unpaired) electrons. The van der Waals surface area contributed by atoms with Gasteiger partial charge in [0.05, 0.1) is 24.0 Å². The van der Waals surface area contributed by atoms with Crippen molar-refractivity contribution < 1.29 is 13.6 Å². The summed E-state index contributed by atoms with van der Waals surface area (Å²) in [5.74, 6) is -1.27. The third-order valence-electron chi connectivity index (χ3n) is 6.73. The third-order valence-corrected chi connectivity index (χ3v) is 8.06. The molecule has 2 aromatic heterocycles. The van der Waals surface area contributed by atoms with Crippen LogP contribution in [0, 0.1) is 11.6 Å². The fourth-order valence-electron chi connectivity index (χ4n) is 5.15. The van der Waals surface area contributed by atoms with Crippen LogP contribution in [-0.4, -0.2) is 15.5 Å². The van der Waals surface area contributed by atoms with Crippen molar-refractivity contribution in [1.82, 2.24) is 9.47 Å². The summed E-state index contributed by atoms with van der Waals surface area (Å²) in [6.07, 6.45) is 6.44. The van der Waals surface area contributed by atoms with E-state index in [0.717, 1.165) is 59.3 Å². The molecule has 1 N–H and O–H groups in total. The summed E-state index contributed by atoms with van der Waals surface area (Å²) in [5, 5.41) is 3.79. The molecule has 2 aliphatic rings. The molecule has 6 rings (SSSR count). The Labute approximate surface area is 200 Å². The van der Waals surface area contributed by atoms with Gasteiger partial charge >= 0.3 is 6.03 Å². The predicted molar refractivity (Wildman–Crippen MR) is 129 cm³/mol. The predicted octanol–water partition coefficient (Wildman–Crippen LogP) is 6.83. The minimum Gasteiger partial charge on any atom is -0.310 e. The number of anilines is 1. The van der Waals surface area contributed by atoms with Crippen molar-refractivity contribution in [3.05, 3.63) is 106 Å². The highest BCUT2D eigenvalue weighted by atomic mass is 32.1. The standard InChI is InChI=1S/C27H23F2N3OS/c28-18-12-13-21(29)22(15-18)30-27(33)32-16-20-19-9-4-5-11-24(19)34-26(20)31-14-6-10-23(31)25(32)17-7-2-1-3-8-17/h1-3,6-8,10,12-15,25H,4-5,9,11,16H2,(H,30,33). The summed E-state index contributed by atoms with van der Waals surface area (Å²) >= 11 is 1.81. The first-order chi connectivity index (χ1) is 16.6. The van der Waals surface area contributed by atoms with Crippen molar-refractivity contribution in [2.24, 2.45) is 0 Å². The van der Waals surface area contributed by atoms with E-state index in [1.807, 2.05) is 53.8 Å². The number of rotatable bonds is 2. The van der Waals surface area contributed by atoms with Crippen LogP contribution in [0.15, 0.2) is 66.9 Å². The van der Waals surface area contributed by atoms with Gasteiger partial charge in [0.1, 0.15) is 16.6 Å². The second-order valence-electron chi connectivity index (χ2n) is 8.79. The van der Waals surface area contributed by atoms with E-state index in [2.05, 4.69) is 16.1 Å². The summed E-state index contributed by atoms with van der Waals surface area (Å²) in [4.78, 5) is 16.9. The molecule has 172 valence electrons. The van der Waals surface area contributed by atoms with E-state index in [4.69, 9.17) is 0 Å². The Bertz CT molecular complexity index is 1380. The van der Waals surface area contributed by atoms with Crippen molar-refractivity contribution in [2.45, 2.75) is 38.3 Å². The summed E-state index contributed by atoms with van der Waals surface area (Å²) < 4.78 is 30.4. The van der Waals surface area contributed by atoms with Crippen LogP contribution >= 0.6 is 11.3 Å². The Kier molecular flexibility index (Phi) is 5.21. The molecule has 7 heteroatoms. The molecule has 34 heavy (non-hydrogen) atoms. The number of fused-ring (bicyclic) bond motifs is 5. The molecule has 1 unspecified atom stereocenters. The molecule has 4 aromatic rings. The molecule has 1 aliphatic heterocycles. The average Bonchev–Trinajstić information content (AvgIpc) is 3.44. The summed E-state index contributed by atoms with van der Waals surface area (Å²) in [6.45, 7) is 0.394. The van der Waals surface area contributed by atoms with Crippen LogP contribution in [0.2, 0.25) is 0 Å². The summed E-state index contributed by atoms with van der Waals surface area (Å²) in [6, 6.07) is 16.1. The van der Waals surface area contributed by atoms with Crippen LogP contribution in [-0.2, 0) is 19.4 Å². The zero-order valence-corrected chi connectivity index (χ0v) is 19.2. The lowest BCUT2D eigenvalue weighted by atomic mass is 9.95. The van der Waals surface area contributed by atoms with Gasteiger partial charge in [-0.3, -0.25) is 0 Å². The third kappa shape index (κ3) is 3.51. The number of hydrogen-bond donors (Lipinski definition) is 1. The topological polar surface area (TPSA) is 37.3 Å². The molecule has 1 aliphatic carbocycles. The molecule has 3 heterocycles. The zero-order valence-electron chi connectivity index (χ0n) is 18.4. The average molecular weight is 476 g/mol. The highest BCUT2D eigenvalue weighted by molar-refractivity contribution is 7.15. The number of aryl methyl sites for hydroxylation is 1. The minimum absolute atomic E-state index is 0.163. The van der Waals surface area contributed by atoms with Gasteiger partial charge in [0.25, 0.3) is 0 Å². The van der Waals surface area contributed by atoms with Crippen LogP contribution in [0.4, 0.5) is 19.3 Å². The van der Waals surface area contributed by atoms with Gasteiger partial charge in [-0.2, -0.15) is 0 Å². The first kappa shape index (κ1) is 21.1. The Hall–Kier alpha value is -3.45. The number of benzene rings is 2. The summed E-state index contributed by atoms with van der Waals surface area (Å²) in [7, 11) is 0. The molecule has 0 spiro atoms. The number of halogens is 2. The van der Waals surface area contributed by atoms with Gasteiger partial charge in [-0.15, -0.1) is 11.3 Å². The Morgan fingerprint density at radius 3 is 2.65 bits per heavy atom. The second kappa shape index (κ2) is 8.40. The molecular formula is C27H23F2N3OS. The van der Waals surface area contributed by atoms with Crippen LogP contribution < -0.4 is 5.32 Å². The number of aromatic nitrogens is 1. The number of nitrogens with zero attached hydrogens (tertiary/aromatic N) is 2. The lowest BCUT2D eigenvalue weighted by Gasteiger charge is -2.31. The Morgan fingerprint density at radius 2 is 1.79 bits per heavy atom. The van der Waals surface area contributed by atoms with E-state index < -0.39 is 17.7 Å². The Balaban J connectivity index is 1.50. The number of thiophene rings is 1. The van der Waals surface area contributed by atoms with Gasteiger partial charge in [-0.05, 0) is 61.1 Å². The van der Waals surface area contributed by atoms with Crippen LogP contribution in [0.25, 0.3) is 5.00 Å². The molecule has 2 aromatic carbocycles. The molecule has 0 saturated carbocycles. The monoisotopic (exact) mass is 475 g/mol. The molecule has 4 nitrogen and oxygen atoms in total. The van der Waals surface area contributed by atoms with Gasteiger partial charge < -0.3 is 14.8 Å². The van der Waals surface area contributed by atoms with E-state index in [9.17, 15) is 13.6 Å². The maximum Gasteiger partial charge on any atom is 0.323 e. The normalized spacial score (nSPS) is 16.9. The SMILES string of the molecule is O=C(Nc1cc(F)ccc1F)N1Cc2c(sc3c2CCCC3)-n2cccc2C1c1ccccc1. The quantitative estimate of drug-likeness (QED) is 0.339. The van der Waals surface area contributed by atoms with Gasteiger partial charge in [0.2, 0.25) is 0 Å². The molecular weight excluding hydrogens is 452 g/mol. The number of urea groups is 1. The zero-order chi connectivity index (χ0) is 23.2. The fourth-order valence-corrected chi connectivity index (χ4v) is 6.56. The molecule has 2 amide bonds. The number of amides is 2.